The van der Waals surface area contributed by atoms with Gasteiger partial charge in [0.15, 0.2) is 0 Å². The van der Waals surface area contributed by atoms with Gasteiger partial charge in [0.25, 0.3) is 0 Å². The fourth-order valence-corrected chi connectivity index (χ4v) is 2.24. The molecule has 1 unspecified atom stereocenters. The van der Waals surface area contributed by atoms with Gasteiger partial charge in [-0.1, -0.05) is 19.3 Å². The number of amides is 1. The average Bonchev–Trinajstić information content (AvgIpc) is 2.03. The first-order valence-electron chi connectivity index (χ1n) is 4.66. The number of hydrogen-bond acceptors (Lipinski definition) is 1. The van der Waals surface area contributed by atoms with Gasteiger partial charge in [0.05, 0.1) is 0 Å². The van der Waals surface area contributed by atoms with Crippen LogP contribution in [0.4, 0.5) is 0 Å². The van der Waals surface area contributed by atoms with Gasteiger partial charge in [0.2, 0.25) is 5.91 Å². The van der Waals surface area contributed by atoms with Gasteiger partial charge in [0.1, 0.15) is 0 Å². The van der Waals surface area contributed by atoms with Crippen LogP contribution in [0.15, 0.2) is 0 Å². The molecular weight excluding hydrogens is 169 g/mol. The van der Waals surface area contributed by atoms with Crippen molar-refractivity contribution in [3.05, 3.63) is 0 Å². The van der Waals surface area contributed by atoms with Crippen molar-refractivity contribution < 1.29 is 4.79 Å². The number of carbonyl (C=O) groups excluding carboxylic acids is 1. The monoisotopic (exact) mass is 187 g/mol. The maximum atomic E-state index is 10.7. The van der Waals surface area contributed by atoms with Crippen LogP contribution in [-0.2, 0) is 4.79 Å². The molecule has 0 aromatic heterocycles. The third kappa shape index (κ3) is 3.10. The summed E-state index contributed by atoms with van der Waals surface area (Å²) in [5, 5.41) is 3.19. The summed E-state index contributed by atoms with van der Waals surface area (Å²) in [6, 6.07) is 0. The Kier molecular flexibility index (Phi) is 3.52. The maximum Gasteiger partial charge on any atom is 0.216 e. The molecule has 0 aromatic carbocycles. The molecule has 0 heterocycles. The molecule has 1 aliphatic rings. The predicted octanol–water partition coefficient (Wildman–Crippen LogP) is 1.70. The molecule has 1 aliphatic carbocycles. The van der Waals surface area contributed by atoms with E-state index in [9.17, 15) is 4.79 Å². The first kappa shape index (κ1) is 9.98. The molecular formula is C9H18NOP. The Morgan fingerprint density at radius 3 is 2.50 bits per heavy atom. The zero-order valence-corrected chi connectivity index (χ0v) is 8.88. The summed E-state index contributed by atoms with van der Waals surface area (Å²) in [7, 11) is 2.92. The van der Waals surface area contributed by atoms with Gasteiger partial charge in [-0.2, -0.15) is 0 Å². The topological polar surface area (TPSA) is 29.1 Å². The largest absolute Gasteiger partial charge is 0.355 e. The standard InChI is InChI=1S/C9H18NOP/c1-8(11)10-7-9(12)5-3-2-4-6-9/h2-7,12H2,1H3,(H,10,11). The number of hydrogen-bond donors (Lipinski definition) is 1. The van der Waals surface area contributed by atoms with Crippen molar-refractivity contribution in [2.45, 2.75) is 44.2 Å². The second-order valence-electron chi connectivity index (χ2n) is 3.83. The summed E-state index contributed by atoms with van der Waals surface area (Å²) in [6.45, 7) is 2.41. The van der Waals surface area contributed by atoms with Gasteiger partial charge < -0.3 is 5.32 Å². The Labute approximate surface area is 76.7 Å². The Balaban J connectivity index is 2.31. The van der Waals surface area contributed by atoms with E-state index in [1.54, 1.807) is 6.92 Å². The smallest absolute Gasteiger partial charge is 0.216 e. The molecule has 0 radical (unpaired) electrons. The molecule has 1 fully saturated rings. The van der Waals surface area contributed by atoms with Crippen LogP contribution in [0, 0.1) is 0 Å². The molecule has 0 bridgehead atoms. The summed E-state index contributed by atoms with van der Waals surface area (Å²) in [4.78, 5) is 10.7. The molecule has 1 atom stereocenters. The number of carbonyl (C=O) groups is 1. The van der Waals surface area contributed by atoms with E-state index < -0.39 is 0 Å². The highest BCUT2D eigenvalue weighted by Crippen LogP contribution is 2.35. The zero-order valence-electron chi connectivity index (χ0n) is 7.73. The van der Waals surface area contributed by atoms with Crippen molar-refractivity contribution in [2.75, 3.05) is 6.54 Å². The van der Waals surface area contributed by atoms with Crippen LogP contribution in [0.5, 0.6) is 0 Å². The van der Waals surface area contributed by atoms with E-state index in [0.29, 0.717) is 5.16 Å². The van der Waals surface area contributed by atoms with Crippen molar-refractivity contribution in [1.29, 1.82) is 0 Å². The van der Waals surface area contributed by atoms with E-state index in [1.807, 2.05) is 0 Å². The molecule has 0 aromatic rings. The lowest BCUT2D eigenvalue weighted by Gasteiger charge is -2.33. The van der Waals surface area contributed by atoms with E-state index >= 15 is 0 Å². The van der Waals surface area contributed by atoms with Crippen LogP contribution >= 0.6 is 9.24 Å². The first-order valence-corrected chi connectivity index (χ1v) is 5.23. The van der Waals surface area contributed by atoms with Crippen LogP contribution in [0.2, 0.25) is 0 Å². The lowest BCUT2D eigenvalue weighted by atomic mass is 9.88. The van der Waals surface area contributed by atoms with Crippen LogP contribution < -0.4 is 5.32 Å². The summed E-state index contributed by atoms with van der Waals surface area (Å²) in [6.07, 6.45) is 6.44. The molecule has 1 rings (SSSR count). The maximum absolute atomic E-state index is 10.7. The minimum Gasteiger partial charge on any atom is -0.355 e. The van der Waals surface area contributed by atoms with Crippen LogP contribution in [-0.4, -0.2) is 17.6 Å². The van der Waals surface area contributed by atoms with Gasteiger partial charge in [0, 0.05) is 18.6 Å². The fraction of sp³-hybridized carbons (Fsp3) is 0.889. The summed E-state index contributed by atoms with van der Waals surface area (Å²) in [5.74, 6) is 0.0856. The van der Waals surface area contributed by atoms with Crippen molar-refractivity contribution in [1.82, 2.24) is 5.32 Å². The molecule has 2 nitrogen and oxygen atoms in total. The Bertz CT molecular complexity index is 164. The van der Waals surface area contributed by atoms with Crippen molar-refractivity contribution in [2.24, 2.45) is 0 Å². The highest BCUT2D eigenvalue weighted by Gasteiger charge is 2.26. The lowest BCUT2D eigenvalue weighted by molar-refractivity contribution is -0.119. The van der Waals surface area contributed by atoms with Gasteiger partial charge in [-0.05, 0) is 12.8 Å². The van der Waals surface area contributed by atoms with E-state index in [2.05, 4.69) is 14.6 Å². The lowest BCUT2D eigenvalue weighted by Crippen LogP contribution is -2.38. The molecule has 3 heteroatoms. The normalized spacial score (nSPS) is 21.8. The SMILES string of the molecule is CC(=O)NCC1(P)CCCCC1. The molecule has 0 saturated heterocycles. The van der Waals surface area contributed by atoms with Crippen LogP contribution in [0.3, 0.4) is 0 Å². The van der Waals surface area contributed by atoms with E-state index in [-0.39, 0.29) is 5.91 Å². The van der Waals surface area contributed by atoms with E-state index in [1.165, 1.54) is 32.1 Å². The number of nitrogens with one attached hydrogen (secondary N) is 1. The van der Waals surface area contributed by atoms with Gasteiger partial charge in [-0.25, -0.2) is 0 Å². The molecule has 1 saturated carbocycles. The molecule has 1 amide bonds. The summed E-state index contributed by atoms with van der Waals surface area (Å²) < 4.78 is 0. The Hall–Kier alpha value is -0.100. The highest BCUT2D eigenvalue weighted by atomic mass is 31.0. The molecule has 0 spiro atoms. The number of rotatable bonds is 2. The minimum absolute atomic E-state index is 0.0856. The Morgan fingerprint density at radius 1 is 1.42 bits per heavy atom. The van der Waals surface area contributed by atoms with Gasteiger partial charge in [-0.15, -0.1) is 9.24 Å². The molecule has 12 heavy (non-hydrogen) atoms. The summed E-state index contributed by atoms with van der Waals surface area (Å²) >= 11 is 0. The second-order valence-corrected chi connectivity index (χ2v) is 5.06. The van der Waals surface area contributed by atoms with Gasteiger partial charge in [-0.3, -0.25) is 4.79 Å². The van der Waals surface area contributed by atoms with Crippen LogP contribution in [0.25, 0.3) is 0 Å². The molecule has 70 valence electrons. The Morgan fingerprint density at radius 2 is 2.00 bits per heavy atom. The fourth-order valence-electron chi connectivity index (χ4n) is 1.73. The molecule has 1 N–H and O–H groups in total. The summed E-state index contributed by atoms with van der Waals surface area (Å²) in [5.41, 5.74) is 0. The van der Waals surface area contributed by atoms with Crippen molar-refractivity contribution in [3.8, 4) is 0 Å². The quantitative estimate of drug-likeness (QED) is 0.655. The van der Waals surface area contributed by atoms with E-state index in [0.717, 1.165) is 6.54 Å². The van der Waals surface area contributed by atoms with Crippen molar-refractivity contribution >= 4 is 15.1 Å². The third-order valence-corrected chi connectivity index (χ3v) is 3.32. The zero-order chi connectivity index (χ0) is 9.03. The van der Waals surface area contributed by atoms with Gasteiger partial charge >= 0.3 is 0 Å². The highest BCUT2D eigenvalue weighted by molar-refractivity contribution is 7.19. The average molecular weight is 187 g/mol. The first-order chi connectivity index (χ1) is 5.62. The minimum atomic E-state index is 0.0856. The van der Waals surface area contributed by atoms with Crippen molar-refractivity contribution in [3.63, 3.8) is 0 Å². The predicted molar refractivity (Wildman–Crippen MR) is 54.2 cm³/mol. The van der Waals surface area contributed by atoms with Crippen LogP contribution in [0.1, 0.15) is 39.0 Å². The molecule has 0 aliphatic heterocycles. The van der Waals surface area contributed by atoms with E-state index in [4.69, 9.17) is 0 Å². The second kappa shape index (κ2) is 4.23. The third-order valence-electron chi connectivity index (χ3n) is 2.54.